The van der Waals surface area contributed by atoms with E-state index >= 15 is 0 Å². The number of hydrogen-bond donors (Lipinski definition) is 3. The van der Waals surface area contributed by atoms with Gasteiger partial charge < -0.3 is 24.6 Å². The molecule has 9 nitrogen and oxygen atoms in total. The lowest BCUT2D eigenvalue weighted by Crippen LogP contribution is -2.47. The quantitative estimate of drug-likeness (QED) is 0.493. The monoisotopic (exact) mass is 490 g/mol. The number of anilines is 1. The van der Waals surface area contributed by atoms with Crippen LogP contribution in [0, 0.1) is 0 Å². The lowest BCUT2D eigenvalue weighted by Gasteiger charge is -2.37. The molecular weight excluding hydrogens is 460 g/mol. The Bertz CT molecular complexity index is 1120. The zero-order chi connectivity index (χ0) is 24.3. The van der Waals surface area contributed by atoms with E-state index in [1.807, 2.05) is 6.92 Å². The number of carbonyl (C=O) groups is 1. The van der Waals surface area contributed by atoms with Gasteiger partial charge in [-0.1, -0.05) is 6.92 Å². The number of rotatable bonds is 9. The number of nitrogens with one attached hydrogen (secondary N) is 2. The summed E-state index contributed by atoms with van der Waals surface area (Å²) in [4.78, 5) is 12.3. The van der Waals surface area contributed by atoms with Crippen molar-refractivity contribution in [1.82, 2.24) is 5.32 Å². The third-order valence-electron chi connectivity index (χ3n) is 6.11. The molecule has 2 aliphatic heterocycles. The summed E-state index contributed by atoms with van der Waals surface area (Å²) in [6.07, 6.45) is 0.223. The third-order valence-corrected chi connectivity index (χ3v) is 7.50. The van der Waals surface area contributed by atoms with Crippen LogP contribution in [-0.2, 0) is 19.6 Å². The van der Waals surface area contributed by atoms with Gasteiger partial charge in [0.05, 0.1) is 31.1 Å². The number of ether oxygens (including phenoxy) is 3. The molecule has 34 heavy (non-hydrogen) atoms. The summed E-state index contributed by atoms with van der Waals surface area (Å²) in [6.45, 7) is 2.35. The highest BCUT2D eigenvalue weighted by Gasteiger charge is 2.46. The zero-order valence-corrected chi connectivity index (χ0v) is 20.0. The van der Waals surface area contributed by atoms with Gasteiger partial charge in [0.1, 0.15) is 23.7 Å². The van der Waals surface area contributed by atoms with Crippen LogP contribution in [-0.4, -0.2) is 58.0 Å². The summed E-state index contributed by atoms with van der Waals surface area (Å²) in [5.41, 5.74) is 1.24. The number of methoxy groups -OCH3 is 1. The van der Waals surface area contributed by atoms with Crippen molar-refractivity contribution in [3.05, 3.63) is 48.0 Å². The van der Waals surface area contributed by atoms with Crippen molar-refractivity contribution in [3.8, 4) is 11.5 Å². The highest BCUT2D eigenvalue weighted by molar-refractivity contribution is 7.92. The third kappa shape index (κ3) is 5.13. The number of fused-ring (bicyclic) bond motifs is 3. The van der Waals surface area contributed by atoms with Gasteiger partial charge in [0.25, 0.3) is 10.0 Å². The fourth-order valence-corrected chi connectivity index (χ4v) is 5.51. The van der Waals surface area contributed by atoms with Crippen molar-refractivity contribution in [2.24, 2.45) is 0 Å². The second-order valence-electron chi connectivity index (χ2n) is 8.49. The number of benzene rings is 2. The number of amides is 1. The molecular formula is C24H30N2O7S. The molecule has 0 bridgehead atoms. The van der Waals surface area contributed by atoms with E-state index in [2.05, 4.69) is 10.0 Å². The van der Waals surface area contributed by atoms with Crippen LogP contribution in [0.1, 0.15) is 37.7 Å². The lowest BCUT2D eigenvalue weighted by molar-refractivity contribution is -0.142. The molecule has 2 aromatic rings. The molecule has 3 N–H and O–H groups in total. The molecule has 0 unspecified atom stereocenters. The smallest absolute Gasteiger partial charge is 0.261 e. The first-order valence-electron chi connectivity index (χ1n) is 11.3. The molecule has 184 valence electrons. The molecule has 2 aromatic carbocycles. The standard InChI is InChI=1S/C24H30N2O7S/c1-3-10-25-23(28)13-17-12-20-19-11-15(4-9-21(19)33-24(20)22(14-27)32-17)26-34(29,30)18-7-5-16(31-2)6-8-18/h4-9,11,17,20,22,24,26-27H,3,10,12-14H2,1-2H3,(H,25,28)/t17-,20-,22-,24+/m1/s1. The maximum Gasteiger partial charge on any atom is 0.261 e. The van der Waals surface area contributed by atoms with Crippen molar-refractivity contribution in [3.63, 3.8) is 0 Å². The van der Waals surface area contributed by atoms with Gasteiger partial charge in [-0.05, 0) is 55.3 Å². The molecule has 2 aliphatic rings. The van der Waals surface area contributed by atoms with Gasteiger partial charge in [-0.25, -0.2) is 8.42 Å². The predicted molar refractivity (Wildman–Crippen MR) is 126 cm³/mol. The Balaban J connectivity index is 1.53. The zero-order valence-electron chi connectivity index (χ0n) is 19.2. The predicted octanol–water partition coefficient (Wildman–Crippen LogP) is 2.41. The number of hydrogen-bond acceptors (Lipinski definition) is 7. The van der Waals surface area contributed by atoms with E-state index in [4.69, 9.17) is 14.2 Å². The van der Waals surface area contributed by atoms with Crippen LogP contribution in [0.3, 0.4) is 0 Å². The van der Waals surface area contributed by atoms with E-state index < -0.39 is 22.2 Å². The van der Waals surface area contributed by atoms with Gasteiger partial charge in [0.2, 0.25) is 5.91 Å². The van der Waals surface area contributed by atoms with Crippen molar-refractivity contribution in [1.29, 1.82) is 0 Å². The van der Waals surface area contributed by atoms with Crippen LogP contribution >= 0.6 is 0 Å². The summed E-state index contributed by atoms with van der Waals surface area (Å²) in [5.74, 6) is 0.966. The van der Waals surface area contributed by atoms with Crippen molar-refractivity contribution in [2.45, 2.75) is 55.3 Å². The molecule has 1 saturated heterocycles. The first kappa shape index (κ1) is 24.3. The Hall–Kier alpha value is -2.82. The minimum atomic E-state index is -3.80. The molecule has 4 rings (SSSR count). The fraction of sp³-hybridized carbons (Fsp3) is 0.458. The van der Waals surface area contributed by atoms with E-state index in [0.717, 1.165) is 12.0 Å². The molecule has 0 radical (unpaired) electrons. The van der Waals surface area contributed by atoms with Gasteiger partial charge in [-0.15, -0.1) is 0 Å². The van der Waals surface area contributed by atoms with Crippen LogP contribution < -0.4 is 19.5 Å². The Morgan fingerprint density at radius 1 is 1.21 bits per heavy atom. The van der Waals surface area contributed by atoms with Crippen LogP contribution in [0.15, 0.2) is 47.4 Å². The second-order valence-corrected chi connectivity index (χ2v) is 10.2. The van der Waals surface area contributed by atoms with Crippen LogP contribution in [0.4, 0.5) is 5.69 Å². The molecule has 0 saturated carbocycles. The maximum absolute atomic E-state index is 12.9. The first-order chi connectivity index (χ1) is 16.3. The van der Waals surface area contributed by atoms with E-state index in [1.165, 1.54) is 19.2 Å². The maximum atomic E-state index is 12.9. The van der Waals surface area contributed by atoms with Gasteiger partial charge >= 0.3 is 0 Å². The van der Waals surface area contributed by atoms with Gasteiger partial charge in [-0.3, -0.25) is 9.52 Å². The number of carbonyl (C=O) groups excluding carboxylic acids is 1. The molecule has 0 aromatic heterocycles. The minimum Gasteiger partial charge on any atom is -0.497 e. The average molecular weight is 491 g/mol. The van der Waals surface area contributed by atoms with E-state index in [9.17, 15) is 18.3 Å². The van der Waals surface area contributed by atoms with Crippen molar-refractivity contribution >= 4 is 21.6 Å². The van der Waals surface area contributed by atoms with Crippen molar-refractivity contribution in [2.75, 3.05) is 25.0 Å². The van der Waals surface area contributed by atoms with E-state index in [0.29, 0.717) is 30.2 Å². The van der Waals surface area contributed by atoms with Gasteiger partial charge in [0, 0.05) is 23.7 Å². The van der Waals surface area contributed by atoms with Crippen LogP contribution in [0.25, 0.3) is 0 Å². The normalized spacial score (nSPS) is 23.4. The Labute approximate surface area is 199 Å². The first-order valence-corrected chi connectivity index (χ1v) is 12.8. The largest absolute Gasteiger partial charge is 0.497 e. The molecule has 0 aliphatic carbocycles. The van der Waals surface area contributed by atoms with E-state index in [1.54, 1.807) is 30.3 Å². The topological polar surface area (TPSA) is 123 Å². The van der Waals surface area contributed by atoms with Crippen LogP contribution in [0.5, 0.6) is 11.5 Å². The summed E-state index contributed by atoms with van der Waals surface area (Å²) >= 11 is 0. The molecule has 2 heterocycles. The van der Waals surface area contributed by atoms with Crippen LogP contribution in [0.2, 0.25) is 0 Å². The number of aliphatic hydroxyl groups is 1. The molecule has 4 atom stereocenters. The van der Waals surface area contributed by atoms with Gasteiger partial charge in [0.15, 0.2) is 0 Å². The minimum absolute atomic E-state index is 0.0952. The summed E-state index contributed by atoms with van der Waals surface area (Å²) < 4.78 is 45.4. The average Bonchev–Trinajstić information content (AvgIpc) is 3.20. The Kier molecular flexibility index (Phi) is 7.30. The number of aliphatic hydroxyl groups excluding tert-OH is 1. The lowest BCUT2D eigenvalue weighted by atomic mass is 9.84. The van der Waals surface area contributed by atoms with Crippen molar-refractivity contribution < 1.29 is 32.5 Å². The Morgan fingerprint density at radius 2 is 1.97 bits per heavy atom. The molecule has 0 spiro atoms. The molecule has 10 heteroatoms. The Morgan fingerprint density at radius 3 is 2.65 bits per heavy atom. The highest BCUT2D eigenvalue weighted by Crippen LogP contribution is 2.47. The number of sulfonamides is 1. The molecule has 1 amide bonds. The fourth-order valence-electron chi connectivity index (χ4n) is 4.46. The van der Waals surface area contributed by atoms with Gasteiger partial charge in [-0.2, -0.15) is 0 Å². The second kappa shape index (κ2) is 10.2. The summed E-state index contributed by atoms with van der Waals surface area (Å²) in [7, 11) is -2.28. The summed E-state index contributed by atoms with van der Waals surface area (Å²) in [5, 5.41) is 12.7. The van der Waals surface area contributed by atoms with E-state index in [-0.39, 0.29) is 35.9 Å². The summed E-state index contributed by atoms with van der Waals surface area (Å²) in [6, 6.07) is 11.2. The highest BCUT2D eigenvalue weighted by atomic mass is 32.2. The molecule has 1 fully saturated rings. The SMILES string of the molecule is CCCNC(=O)C[C@H]1C[C@@H]2c3cc(NS(=O)(=O)c4ccc(OC)cc4)ccc3O[C@@H]2[C@@H](CO)O1.